The quantitative estimate of drug-likeness (QED) is 0.512. The summed E-state index contributed by atoms with van der Waals surface area (Å²) >= 11 is 0. The SMILES string of the molecule is CCOC(=O)c1ccc(CN(Cc2ccncc2)S(=O)(=O)c2ccc(C)cc2)cc1. The molecule has 1 aromatic heterocycles. The summed E-state index contributed by atoms with van der Waals surface area (Å²) in [6, 6.07) is 17.2. The van der Waals surface area contributed by atoms with Crippen LogP contribution in [0.3, 0.4) is 0 Å². The van der Waals surface area contributed by atoms with Crippen LogP contribution in [-0.2, 0) is 27.8 Å². The molecule has 30 heavy (non-hydrogen) atoms. The molecule has 156 valence electrons. The molecule has 2 aromatic carbocycles. The third-order valence-electron chi connectivity index (χ3n) is 4.59. The highest BCUT2D eigenvalue weighted by molar-refractivity contribution is 7.89. The van der Waals surface area contributed by atoms with Crippen LogP contribution in [0.25, 0.3) is 0 Å². The molecule has 0 aliphatic carbocycles. The molecule has 3 aromatic rings. The van der Waals surface area contributed by atoms with E-state index in [0.717, 1.165) is 16.7 Å². The summed E-state index contributed by atoms with van der Waals surface area (Å²) in [5.41, 5.74) is 3.03. The monoisotopic (exact) mass is 424 g/mol. The van der Waals surface area contributed by atoms with Gasteiger partial charge in [-0.15, -0.1) is 0 Å². The number of rotatable bonds is 8. The van der Waals surface area contributed by atoms with Crippen molar-refractivity contribution in [2.45, 2.75) is 31.8 Å². The van der Waals surface area contributed by atoms with Crippen LogP contribution < -0.4 is 0 Å². The lowest BCUT2D eigenvalue weighted by atomic mass is 10.1. The Morgan fingerprint density at radius 2 is 1.47 bits per heavy atom. The lowest BCUT2D eigenvalue weighted by molar-refractivity contribution is 0.0526. The number of esters is 1. The molecule has 0 saturated heterocycles. The summed E-state index contributed by atoms with van der Waals surface area (Å²) in [5, 5.41) is 0. The molecule has 3 rings (SSSR count). The van der Waals surface area contributed by atoms with Crippen LogP contribution in [0.1, 0.15) is 34.0 Å². The van der Waals surface area contributed by atoms with Gasteiger partial charge in [-0.2, -0.15) is 4.31 Å². The normalized spacial score (nSPS) is 11.4. The van der Waals surface area contributed by atoms with Crippen molar-refractivity contribution in [2.24, 2.45) is 0 Å². The van der Waals surface area contributed by atoms with E-state index < -0.39 is 16.0 Å². The zero-order valence-electron chi connectivity index (χ0n) is 17.0. The Kier molecular flexibility index (Phi) is 6.97. The fraction of sp³-hybridized carbons (Fsp3) is 0.217. The molecular formula is C23H24N2O4S. The molecule has 0 saturated carbocycles. The van der Waals surface area contributed by atoms with E-state index in [0.29, 0.717) is 12.2 Å². The fourth-order valence-electron chi connectivity index (χ4n) is 2.94. The van der Waals surface area contributed by atoms with Crippen molar-refractivity contribution in [3.05, 3.63) is 95.3 Å². The number of aromatic nitrogens is 1. The zero-order valence-corrected chi connectivity index (χ0v) is 17.8. The van der Waals surface area contributed by atoms with Crippen LogP contribution in [0.4, 0.5) is 0 Å². The Labute approximate surface area is 177 Å². The molecule has 6 nitrogen and oxygen atoms in total. The van der Waals surface area contributed by atoms with E-state index >= 15 is 0 Å². The van der Waals surface area contributed by atoms with Crippen molar-refractivity contribution >= 4 is 16.0 Å². The second-order valence-electron chi connectivity index (χ2n) is 6.86. The number of ether oxygens (including phenoxy) is 1. The van der Waals surface area contributed by atoms with Crippen molar-refractivity contribution in [3.63, 3.8) is 0 Å². The first-order valence-electron chi connectivity index (χ1n) is 9.62. The lowest BCUT2D eigenvalue weighted by Crippen LogP contribution is -2.30. The molecule has 0 radical (unpaired) electrons. The maximum atomic E-state index is 13.3. The number of benzene rings is 2. The van der Waals surface area contributed by atoms with E-state index in [1.165, 1.54) is 4.31 Å². The molecule has 0 N–H and O–H groups in total. The van der Waals surface area contributed by atoms with E-state index in [9.17, 15) is 13.2 Å². The molecule has 0 amide bonds. The van der Waals surface area contributed by atoms with Crippen LogP contribution in [0.5, 0.6) is 0 Å². The summed E-state index contributed by atoms with van der Waals surface area (Å²) in [6.07, 6.45) is 3.28. The molecule has 0 aliphatic heterocycles. The number of carbonyl (C=O) groups excluding carboxylic acids is 1. The topological polar surface area (TPSA) is 76.6 Å². The maximum Gasteiger partial charge on any atom is 0.338 e. The Balaban J connectivity index is 1.90. The molecule has 7 heteroatoms. The predicted molar refractivity (Wildman–Crippen MR) is 114 cm³/mol. The average Bonchev–Trinajstić information content (AvgIpc) is 2.75. The van der Waals surface area contributed by atoms with Crippen LogP contribution >= 0.6 is 0 Å². The Morgan fingerprint density at radius 3 is 2.03 bits per heavy atom. The first kappa shape index (κ1) is 21.7. The van der Waals surface area contributed by atoms with Crippen LogP contribution in [0, 0.1) is 6.92 Å². The van der Waals surface area contributed by atoms with E-state index in [2.05, 4.69) is 4.98 Å². The summed E-state index contributed by atoms with van der Waals surface area (Å²) in [4.78, 5) is 16.1. The molecule has 0 aliphatic rings. The average molecular weight is 425 g/mol. The van der Waals surface area contributed by atoms with Gasteiger partial charge in [0.1, 0.15) is 0 Å². The van der Waals surface area contributed by atoms with E-state index in [1.54, 1.807) is 80.0 Å². The fourth-order valence-corrected chi connectivity index (χ4v) is 4.36. The Bertz CT molecular complexity index is 1080. The van der Waals surface area contributed by atoms with Crippen molar-refractivity contribution < 1.29 is 17.9 Å². The van der Waals surface area contributed by atoms with Gasteiger partial charge in [0.05, 0.1) is 17.1 Å². The number of pyridine rings is 1. The van der Waals surface area contributed by atoms with Crippen molar-refractivity contribution in [3.8, 4) is 0 Å². The first-order valence-corrected chi connectivity index (χ1v) is 11.1. The highest BCUT2D eigenvalue weighted by Crippen LogP contribution is 2.22. The standard InChI is InChI=1S/C23H24N2O4S/c1-3-29-23(26)21-8-6-19(7-9-21)16-25(17-20-12-14-24-15-13-20)30(27,28)22-10-4-18(2)5-11-22/h4-15H,3,16-17H2,1-2H3. The molecular weight excluding hydrogens is 400 g/mol. The van der Waals surface area contributed by atoms with Gasteiger partial charge in [-0.1, -0.05) is 29.8 Å². The number of hydrogen-bond donors (Lipinski definition) is 0. The minimum atomic E-state index is -3.73. The predicted octanol–water partition coefficient (Wildman–Crippen LogP) is 3.96. The van der Waals surface area contributed by atoms with Gasteiger partial charge in [-0.25, -0.2) is 13.2 Å². The summed E-state index contributed by atoms with van der Waals surface area (Å²) < 4.78 is 33.1. The highest BCUT2D eigenvalue weighted by atomic mass is 32.2. The minimum absolute atomic E-state index is 0.168. The van der Waals surface area contributed by atoms with Gasteiger partial charge in [0.25, 0.3) is 0 Å². The highest BCUT2D eigenvalue weighted by Gasteiger charge is 2.25. The van der Waals surface area contributed by atoms with E-state index in [1.807, 2.05) is 6.92 Å². The molecule has 0 fully saturated rings. The van der Waals surface area contributed by atoms with Gasteiger partial charge >= 0.3 is 5.97 Å². The van der Waals surface area contributed by atoms with E-state index in [4.69, 9.17) is 4.74 Å². The van der Waals surface area contributed by atoms with Gasteiger partial charge in [-0.3, -0.25) is 4.98 Å². The Hall–Kier alpha value is -3.03. The molecule has 0 unspecified atom stereocenters. The molecule has 1 heterocycles. The van der Waals surface area contributed by atoms with Crippen LogP contribution in [0.2, 0.25) is 0 Å². The van der Waals surface area contributed by atoms with Crippen molar-refractivity contribution in [1.82, 2.24) is 9.29 Å². The first-order chi connectivity index (χ1) is 14.4. The molecule has 0 atom stereocenters. The zero-order chi connectivity index (χ0) is 21.6. The number of carbonyl (C=O) groups is 1. The van der Waals surface area contributed by atoms with Crippen molar-refractivity contribution in [1.29, 1.82) is 0 Å². The summed E-state index contributed by atoms with van der Waals surface area (Å²) in [5.74, 6) is -0.398. The number of sulfonamides is 1. The largest absolute Gasteiger partial charge is 0.462 e. The van der Waals surface area contributed by atoms with E-state index in [-0.39, 0.29) is 18.0 Å². The second-order valence-corrected chi connectivity index (χ2v) is 8.80. The maximum absolute atomic E-state index is 13.3. The summed E-state index contributed by atoms with van der Waals surface area (Å²) in [7, 11) is -3.73. The van der Waals surface area contributed by atoms with Crippen molar-refractivity contribution in [2.75, 3.05) is 6.61 Å². The lowest BCUT2D eigenvalue weighted by Gasteiger charge is -2.23. The Morgan fingerprint density at radius 1 is 0.900 bits per heavy atom. The minimum Gasteiger partial charge on any atom is -0.462 e. The second kappa shape index (κ2) is 9.65. The van der Waals surface area contributed by atoms with Crippen LogP contribution in [-0.4, -0.2) is 30.3 Å². The van der Waals surface area contributed by atoms with Gasteiger partial charge in [0, 0.05) is 25.5 Å². The molecule has 0 bridgehead atoms. The van der Waals surface area contributed by atoms with Gasteiger partial charge in [0.2, 0.25) is 10.0 Å². The third-order valence-corrected chi connectivity index (χ3v) is 6.40. The van der Waals surface area contributed by atoms with Gasteiger partial charge < -0.3 is 4.74 Å². The number of hydrogen-bond acceptors (Lipinski definition) is 5. The number of aryl methyl sites for hydroxylation is 1. The smallest absolute Gasteiger partial charge is 0.338 e. The number of nitrogens with zero attached hydrogens (tertiary/aromatic N) is 2. The van der Waals surface area contributed by atoms with Crippen LogP contribution in [0.15, 0.2) is 78.0 Å². The van der Waals surface area contributed by atoms with Gasteiger partial charge in [-0.05, 0) is 61.4 Å². The molecule has 0 spiro atoms. The third kappa shape index (κ3) is 5.31. The summed E-state index contributed by atoms with van der Waals surface area (Å²) in [6.45, 7) is 4.34. The van der Waals surface area contributed by atoms with Gasteiger partial charge in [0.15, 0.2) is 0 Å².